The molecular weight excluding hydrogens is 762 g/mol. The maximum atomic E-state index is 14.7. The van der Waals surface area contributed by atoms with Crippen molar-refractivity contribution in [3.63, 3.8) is 0 Å². The lowest BCUT2D eigenvalue weighted by Crippen LogP contribution is -2.54. The number of likely N-dealkylation sites (tertiary alicyclic amines) is 2. The highest BCUT2D eigenvalue weighted by Crippen LogP contribution is 2.34. The zero-order valence-corrected chi connectivity index (χ0v) is 35.2. The van der Waals surface area contributed by atoms with Crippen LogP contribution in [0.2, 0.25) is 0 Å². The number of hydrogen-bond donors (Lipinski definition) is 1. The molecule has 0 spiro atoms. The smallest absolute Gasteiger partial charge is 0.262 e. The number of fused-ring (bicyclic) bond motifs is 1. The quantitative estimate of drug-likeness (QED) is 0.265. The molecule has 5 heterocycles. The van der Waals surface area contributed by atoms with Crippen LogP contribution >= 0.6 is 0 Å². The van der Waals surface area contributed by atoms with Gasteiger partial charge in [0.2, 0.25) is 17.7 Å². The lowest BCUT2D eigenvalue weighted by molar-refractivity contribution is -0.136. The van der Waals surface area contributed by atoms with Crippen molar-refractivity contribution in [1.82, 2.24) is 29.8 Å². The molecule has 12 nitrogen and oxygen atoms in total. The molecule has 5 aliphatic rings. The van der Waals surface area contributed by atoms with E-state index in [1.165, 1.54) is 11.3 Å². The van der Waals surface area contributed by atoms with E-state index in [1.54, 1.807) is 30.3 Å². The Morgan fingerprint density at radius 2 is 1.57 bits per heavy atom. The molecule has 0 radical (unpaired) electrons. The number of imide groups is 2. The fourth-order valence-electron chi connectivity index (χ4n) is 10.0. The number of hydrogen-bond acceptors (Lipinski definition) is 9. The van der Waals surface area contributed by atoms with Gasteiger partial charge in [0.05, 0.1) is 11.1 Å². The van der Waals surface area contributed by atoms with Crippen molar-refractivity contribution in [2.24, 2.45) is 5.92 Å². The number of piperazine rings is 1. The Bertz CT molecular complexity index is 2090. The summed E-state index contributed by atoms with van der Waals surface area (Å²) >= 11 is 0. The van der Waals surface area contributed by atoms with Gasteiger partial charge in [0.1, 0.15) is 11.9 Å². The molecule has 1 N–H and O–H groups in total. The third-order valence-corrected chi connectivity index (χ3v) is 13.8. The van der Waals surface area contributed by atoms with Crippen molar-refractivity contribution in [2.45, 2.75) is 76.4 Å². The number of piperidine rings is 2. The average Bonchev–Trinajstić information content (AvgIpc) is 3.79. The zero-order chi connectivity index (χ0) is 42.1. The van der Waals surface area contributed by atoms with Crippen LogP contribution in [0, 0.1) is 18.7 Å². The minimum atomic E-state index is -0.999. The lowest BCUT2D eigenvalue weighted by Gasteiger charge is -2.38. The van der Waals surface area contributed by atoms with Gasteiger partial charge in [0.15, 0.2) is 0 Å². The highest BCUT2D eigenvalue weighted by atomic mass is 19.1. The number of likely N-dealkylation sites (N-methyl/N-ethyl adjacent to an activating group) is 1. The van der Waals surface area contributed by atoms with Crippen LogP contribution in [0.15, 0.2) is 60.7 Å². The van der Waals surface area contributed by atoms with Gasteiger partial charge in [-0.3, -0.25) is 44.0 Å². The molecule has 5 amide bonds. The monoisotopic (exact) mass is 819 g/mol. The van der Waals surface area contributed by atoms with E-state index < -0.39 is 29.7 Å². The van der Waals surface area contributed by atoms with Gasteiger partial charge in [-0.1, -0.05) is 30.3 Å². The van der Waals surface area contributed by atoms with Crippen LogP contribution in [0.3, 0.4) is 0 Å². The van der Waals surface area contributed by atoms with E-state index in [1.807, 2.05) is 17.9 Å². The van der Waals surface area contributed by atoms with Crippen LogP contribution in [0.1, 0.15) is 87.4 Å². The number of nitrogens with one attached hydrogen (secondary N) is 1. The molecule has 4 fully saturated rings. The maximum absolute atomic E-state index is 14.7. The van der Waals surface area contributed by atoms with E-state index >= 15 is 0 Å². The predicted octanol–water partition coefficient (Wildman–Crippen LogP) is 4.45. The number of aryl methyl sites for hydroxylation is 2. The van der Waals surface area contributed by atoms with Crippen LogP contribution in [0.5, 0.6) is 0 Å². The molecule has 318 valence electrons. The highest BCUT2D eigenvalue weighted by Gasteiger charge is 2.44. The van der Waals surface area contributed by atoms with Crippen LogP contribution in [0.4, 0.5) is 10.1 Å². The average molecular weight is 820 g/mol. The van der Waals surface area contributed by atoms with Crippen molar-refractivity contribution in [2.75, 3.05) is 77.9 Å². The predicted molar refractivity (Wildman–Crippen MR) is 227 cm³/mol. The Kier molecular flexibility index (Phi) is 12.5. The topological polar surface area (TPSA) is 117 Å². The van der Waals surface area contributed by atoms with Crippen LogP contribution in [-0.2, 0) is 27.3 Å². The summed E-state index contributed by atoms with van der Waals surface area (Å²) < 4.78 is 14.7. The van der Waals surface area contributed by atoms with Crippen molar-refractivity contribution >= 4 is 35.2 Å². The van der Waals surface area contributed by atoms with E-state index in [2.05, 4.69) is 63.3 Å². The summed E-state index contributed by atoms with van der Waals surface area (Å²) in [7, 11) is 4.29. The van der Waals surface area contributed by atoms with E-state index in [-0.39, 0.29) is 35.7 Å². The largest absolute Gasteiger partial charge is 0.369 e. The lowest BCUT2D eigenvalue weighted by atomic mass is 9.92. The second kappa shape index (κ2) is 17.9. The number of carbonyl (C=O) groups is 5. The van der Waals surface area contributed by atoms with Crippen molar-refractivity contribution in [3.05, 3.63) is 99.9 Å². The molecule has 0 saturated carbocycles. The second-order valence-corrected chi connectivity index (χ2v) is 17.7. The number of amides is 5. The Morgan fingerprint density at radius 1 is 0.833 bits per heavy atom. The van der Waals surface area contributed by atoms with E-state index in [4.69, 9.17) is 0 Å². The number of benzene rings is 3. The number of rotatable bonds is 12. The molecule has 0 bridgehead atoms. The molecule has 0 aromatic heterocycles. The SMILES string of the molecule is Cc1cccc(F)c1CN1C[C@H](c2ccc(N3CCN(CCC4CCN(C(=O)CCc5ccc6c(c5)C(=O)N(C5CCC(=O)NC5=O)C6=O)CC4)CC3)cc2)[C@@H](N(C)C)C1. The first-order valence-electron chi connectivity index (χ1n) is 21.8. The molecule has 3 aromatic carbocycles. The third kappa shape index (κ3) is 8.89. The van der Waals surface area contributed by atoms with Crippen molar-refractivity contribution in [1.29, 1.82) is 0 Å². The summed E-state index contributed by atoms with van der Waals surface area (Å²) in [4.78, 5) is 76.1. The first kappa shape index (κ1) is 41.7. The number of halogens is 1. The molecule has 13 heteroatoms. The Hall–Kier alpha value is -4.98. The fourth-order valence-corrected chi connectivity index (χ4v) is 10.0. The normalized spacial score (nSPS) is 23.2. The van der Waals surface area contributed by atoms with Gasteiger partial charge in [-0.25, -0.2) is 4.39 Å². The second-order valence-electron chi connectivity index (χ2n) is 17.7. The third-order valence-electron chi connectivity index (χ3n) is 13.8. The van der Waals surface area contributed by atoms with Crippen LogP contribution in [0.25, 0.3) is 0 Å². The number of anilines is 1. The van der Waals surface area contributed by atoms with Crippen molar-refractivity contribution in [3.8, 4) is 0 Å². The van der Waals surface area contributed by atoms with Crippen molar-refractivity contribution < 1.29 is 28.4 Å². The van der Waals surface area contributed by atoms with Gasteiger partial charge in [-0.2, -0.15) is 0 Å². The first-order chi connectivity index (χ1) is 28.9. The van der Waals surface area contributed by atoms with Gasteiger partial charge in [0, 0.05) is 95.0 Å². The Labute approximate surface area is 352 Å². The Morgan fingerprint density at radius 3 is 2.27 bits per heavy atom. The van der Waals surface area contributed by atoms with E-state index in [0.717, 1.165) is 99.8 Å². The van der Waals surface area contributed by atoms with Crippen LogP contribution in [-0.4, -0.2) is 139 Å². The van der Waals surface area contributed by atoms with E-state index in [9.17, 15) is 28.4 Å². The zero-order valence-electron chi connectivity index (χ0n) is 35.2. The summed E-state index contributed by atoms with van der Waals surface area (Å²) in [5, 5.41) is 2.22. The molecule has 3 atom stereocenters. The molecule has 3 aromatic rings. The summed E-state index contributed by atoms with van der Waals surface area (Å²) in [6, 6.07) is 18.9. The summed E-state index contributed by atoms with van der Waals surface area (Å²) in [6.45, 7) is 11.1. The van der Waals surface area contributed by atoms with Gasteiger partial charge in [-0.15, -0.1) is 0 Å². The van der Waals surface area contributed by atoms with Crippen LogP contribution < -0.4 is 10.2 Å². The molecule has 4 saturated heterocycles. The number of nitrogens with zero attached hydrogens (tertiary/aromatic N) is 6. The fraction of sp³-hybridized carbons (Fsp3) is 0.511. The highest BCUT2D eigenvalue weighted by molar-refractivity contribution is 6.23. The first-order valence-corrected chi connectivity index (χ1v) is 21.8. The maximum Gasteiger partial charge on any atom is 0.262 e. The van der Waals surface area contributed by atoms with Gasteiger partial charge in [-0.05, 0) is 113 Å². The minimum Gasteiger partial charge on any atom is -0.369 e. The standard InChI is InChI=1S/C47H58FN7O5/c1-31-5-4-6-40(48)38(31)28-52-29-39(42(30-52)50(2)3)34-9-11-35(12-10-34)53-25-23-51(24-26-53)20-17-32-18-21-54(22-19-32)44(57)16-8-33-7-13-36-37(27-33)47(60)55(46(36)59)41-14-15-43(56)49-45(41)58/h4-7,9-13,27,32,39,41-42H,8,14-26,28-30H2,1-3H3,(H,49,56,58)/t39-,41?,42+/m1/s1. The number of carbonyl (C=O) groups excluding carboxylic acids is 5. The van der Waals surface area contributed by atoms with Gasteiger partial charge >= 0.3 is 0 Å². The molecule has 8 rings (SSSR count). The molecular formula is C47H58FN7O5. The minimum absolute atomic E-state index is 0.0740. The van der Waals surface area contributed by atoms with E-state index in [0.29, 0.717) is 37.3 Å². The molecule has 5 aliphatic heterocycles. The summed E-state index contributed by atoms with van der Waals surface area (Å²) in [6.07, 6.45) is 4.10. The molecule has 0 aliphatic carbocycles. The van der Waals surface area contributed by atoms with Gasteiger partial charge in [0.25, 0.3) is 11.8 Å². The summed E-state index contributed by atoms with van der Waals surface area (Å²) in [5.74, 6) is -1.15. The Balaban J connectivity index is 0.747. The van der Waals surface area contributed by atoms with Gasteiger partial charge < -0.3 is 14.7 Å². The summed E-state index contributed by atoms with van der Waals surface area (Å²) in [5.41, 5.74) is 5.70. The molecule has 1 unspecified atom stereocenters. The molecule has 60 heavy (non-hydrogen) atoms.